The van der Waals surface area contributed by atoms with Gasteiger partial charge in [-0.2, -0.15) is 0 Å². The molecule has 6 heteroatoms. The molecule has 0 rings (SSSR count). The Hall–Kier alpha value is -3.67. The maximum atomic E-state index is 12.9. The normalized spacial score (nSPS) is 12.8. The van der Waals surface area contributed by atoms with Crippen LogP contribution in [0.2, 0.25) is 0 Å². The molecule has 0 aromatic rings. The Labute approximate surface area is 451 Å². The Morgan fingerprint density at radius 1 is 0.288 bits per heavy atom. The van der Waals surface area contributed by atoms with E-state index in [1.165, 1.54) is 122 Å². The molecule has 0 N–H and O–H groups in total. The first-order chi connectivity index (χ1) is 36.0. The van der Waals surface area contributed by atoms with E-state index in [0.29, 0.717) is 19.3 Å². The summed E-state index contributed by atoms with van der Waals surface area (Å²) in [6.07, 6.45) is 81.1. The van der Waals surface area contributed by atoms with Gasteiger partial charge in [0.15, 0.2) is 6.10 Å². The summed E-state index contributed by atoms with van der Waals surface area (Å²) in [6.45, 7) is 6.41. The second kappa shape index (κ2) is 60.9. The van der Waals surface area contributed by atoms with Gasteiger partial charge in [0.05, 0.1) is 0 Å². The van der Waals surface area contributed by atoms with Crippen LogP contribution in [0.4, 0.5) is 0 Å². The lowest BCUT2D eigenvalue weighted by Crippen LogP contribution is -2.30. The van der Waals surface area contributed by atoms with Crippen LogP contribution in [0.5, 0.6) is 0 Å². The molecule has 6 nitrogen and oxygen atoms in total. The van der Waals surface area contributed by atoms with Crippen molar-refractivity contribution in [1.29, 1.82) is 0 Å². The molecule has 0 spiro atoms. The number of hydrogen-bond acceptors (Lipinski definition) is 6. The molecule has 418 valence electrons. The molecule has 0 aromatic heterocycles. The Morgan fingerprint density at radius 3 is 0.849 bits per heavy atom. The topological polar surface area (TPSA) is 78.9 Å². The predicted molar refractivity (Wildman–Crippen MR) is 316 cm³/mol. The number of ether oxygens (including phenoxy) is 3. The highest BCUT2D eigenvalue weighted by molar-refractivity contribution is 5.71. The van der Waals surface area contributed by atoms with Crippen LogP contribution in [-0.2, 0) is 28.6 Å². The smallest absolute Gasteiger partial charge is 0.306 e. The van der Waals surface area contributed by atoms with Gasteiger partial charge in [0.25, 0.3) is 0 Å². The van der Waals surface area contributed by atoms with Crippen molar-refractivity contribution in [3.05, 3.63) is 97.2 Å². The third-order valence-electron chi connectivity index (χ3n) is 13.1. The van der Waals surface area contributed by atoms with Gasteiger partial charge in [0, 0.05) is 19.3 Å². The fourth-order valence-corrected chi connectivity index (χ4v) is 8.50. The van der Waals surface area contributed by atoms with Crippen LogP contribution in [0, 0.1) is 0 Å². The van der Waals surface area contributed by atoms with Gasteiger partial charge in [-0.15, -0.1) is 0 Å². The molecule has 1 atom stereocenters. The zero-order valence-electron chi connectivity index (χ0n) is 47.9. The maximum absolute atomic E-state index is 12.9. The van der Waals surface area contributed by atoms with Crippen LogP contribution in [0.1, 0.15) is 290 Å². The van der Waals surface area contributed by atoms with E-state index < -0.39 is 6.10 Å². The number of carbonyl (C=O) groups excluding carboxylic acids is 3. The summed E-state index contributed by atoms with van der Waals surface area (Å²) in [7, 11) is 0. The Kier molecular flexibility index (Phi) is 57.8. The number of esters is 3. The average Bonchev–Trinajstić information content (AvgIpc) is 3.39. The van der Waals surface area contributed by atoms with E-state index >= 15 is 0 Å². The van der Waals surface area contributed by atoms with Crippen molar-refractivity contribution in [2.24, 2.45) is 0 Å². The van der Waals surface area contributed by atoms with Crippen molar-refractivity contribution in [2.45, 2.75) is 297 Å². The Morgan fingerprint density at radius 2 is 0.534 bits per heavy atom. The fraction of sp³-hybridized carbons (Fsp3) is 0.716. The van der Waals surface area contributed by atoms with E-state index in [4.69, 9.17) is 14.2 Å². The molecule has 0 aliphatic rings. The molecule has 0 aromatic carbocycles. The summed E-state index contributed by atoms with van der Waals surface area (Å²) in [5.41, 5.74) is 0. The summed E-state index contributed by atoms with van der Waals surface area (Å²) >= 11 is 0. The second-order valence-electron chi connectivity index (χ2n) is 20.2. The first kappa shape index (κ1) is 69.3. The molecule has 0 saturated carbocycles. The van der Waals surface area contributed by atoms with Crippen LogP contribution >= 0.6 is 0 Å². The largest absolute Gasteiger partial charge is 0.462 e. The second-order valence-corrected chi connectivity index (χ2v) is 20.2. The highest BCUT2D eigenvalue weighted by atomic mass is 16.6. The van der Waals surface area contributed by atoms with Gasteiger partial charge in [0.2, 0.25) is 0 Å². The molecule has 73 heavy (non-hydrogen) atoms. The van der Waals surface area contributed by atoms with Gasteiger partial charge in [-0.3, -0.25) is 14.4 Å². The summed E-state index contributed by atoms with van der Waals surface area (Å²) in [4.78, 5) is 38.3. The van der Waals surface area contributed by atoms with E-state index in [1.807, 2.05) is 0 Å². The van der Waals surface area contributed by atoms with Crippen molar-refractivity contribution in [3.8, 4) is 0 Å². The van der Waals surface area contributed by atoms with Crippen molar-refractivity contribution in [3.63, 3.8) is 0 Å². The van der Waals surface area contributed by atoms with Crippen LogP contribution in [-0.4, -0.2) is 37.2 Å². The SMILES string of the molecule is CC/C=C\C/C=C\C/C=C\C/C=C\CCCCCCCCCCC(=O)OCC(COC(=O)CCCCCCC/C=C\C/C=C\C/C=C\CC)OC(=O)CCCCCCCCCCC/C=C\CCCCCCCC. The summed E-state index contributed by atoms with van der Waals surface area (Å²) < 4.78 is 16.9. The first-order valence-electron chi connectivity index (χ1n) is 30.7. The van der Waals surface area contributed by atoms with E-state index in [0.717, 1.165) is 128 Å². The van der Waals surface area contributed by atoms with Gasteiger partial charge in [-0.25, -0.2) is 0 Å². The Balaban J connectivity index is 4.40. The molecule has 0 fully saturated rings. The molecule has 0 radical (unpaired) electrons. The average molecular weight is 1020 g/mol. The van der Waals surface area contributed by atoms with Crippen LogP contribution in [0.3, 0.4) is 0 Å². The lowest BCUT2D eigenvalue weighted by Gasteiger charge is -2.18. The van der Waals surface area contributed by atoms with Gasteiger partial charge in [0.1, 0.15) is 13.2 Å². The Bertz CT molecular complexity index is 1440. The van der Waals surface area contributed by atoms with E-state index in [1.54, 1.807) is 0 Å². The van der Waals surface area contributed by atoms with Crippen molar-refractivity contribution in [1.82, 2.24) is 0 Å². The molecule has 0 heterocycles. The highest BCUT2D eigenvalue weighted by Crippen LogP contribution is 2.16. The molecule has 0 aliphatic carbocycles. The van der Waals surface area contributed by atoms with Crippen molar-refractivity contribution < 1.29 is 28.6 Å². The van der Waals surface area contributed by atoms with E-state index in [2.05, 4.69) is 118 Å². The lowest BCUT2D eigenvalue weighted by molar-refractivity contribution is -0.167. The zero-order chi connectivity index (χ0) is 52.9. The van der Waals surface area contributed by atoms with Gasteiger partial charge < -0.3 is 14.2 Å². The quantitative estimate of drug-likeness (QED) is 0.0261. The van der Waals surface area contributed by atoms with Crippen molar-refractivity contribution >= 4 is 17.9 Å². The fourth-order valence-electron chi connectivity index (χ4n) is 8.50. The minimum atomic E-state index is -0.791. The predicted octanol–water partition coefficient (Wildman–Crippen LogP) is 20.9. The monoisotopic (exact) mass is 1010 g/mol. The molecular formula is C67H114O6. The summed E-state index contributed by atoms with van der Waals surface area (Å²) in [5.74, 6) is -0.907. The minimum absolute atomic E-state index is 0.0880. The zero-order valence-corrected chi connectivity index (χ0v) is 47.9. The van der Waals surface area contributed by atoms with Crippen LogP contribution in [0.15, 0.2) is 97.2 Å². The minimum Gasteiger partial charge on any atom is -0.462 e. The molecule has 0 amide bonds. The van der Waals surface area contributed by atoms with E-state index in [-0.39, 0.29) is 31.1 Å². The molecule has 1 unspecified atom stereocenters. The molecule has 0 saturated heterocycles. The number of unbranched alkanes of at least 4 members (excludes halogenated alkanes) is 28. The van der Waals surface area contributed by atoms with Crippen molar-refractivity contribution in [2.75, 3.05) is 13.2 Å². The highest BCUT2D eigenvalue weighted by Gasteiger charge is 2.19. The molecule has 0 bridgehead atoms. The van der Waals surface area contributed by atoms with Gasteiger partial charge >= 0.3 is 17.9 Å². The first-order valence-corrected chi connectivity index (χ1v) is 30.7. The van der Waals surface area contributed by atoms with E-state index in [9.17, 15) is 14.4 Å². The number of carbonyl (C=O) groups is 3. The third-order valence-corrected chi connectivity index (χ3v) is 13.1. The number of allylic oxidation sites excluding steroid dienone is 16. The number of rotatable bonds is 55. The van der Waals surface area contributed by atoms with Crippen LogP contribution < -0.4 is 0 Å². The van der Waals surface area contributed by atoms with Gasteiger partial charge in [-0.05, 0) is 116 Å². The standard InChI is InChI=1S/C67H114O6/c1-4-7-10-13-16-19-22-25-28-30-32-33-35-36-39-42-45-48-51-54-57-60-66(69)72-63-64(62-71-65(68)59-56-53-50-47-44-41-38-27-24-21-18-15-12-9-6-3)73-67(70)61-58-55-52-49-46-43-40-37-34-31-29-26-23-20-17-14-11-8-5-2/h7,9-10,12,16,18-19,21,25-29,32-33,38,64H,4-6,8,11,13-15,17,20,22-24,30-31,34-37,39-63H2,1-3H3/b10-7-,12-9-,19-16-,21-18-,28-25-,29-26-,33-32-,38-27-. The van der Waals surface area contributed by atoms with Crippen LogP contribution in [0.25, 0.3) is 0 Å². The lowest BCUT2D eigenvalue weighted by atomic mass is 10.1. The number of hydrogen-bond donors (Lipinski definition) is 0. The molecule has 0 aliphatic heterocycles. The third kappa shape index (κ3) is 59.1. The molecular weight excluding hydrogens is 901 g/mol. The summed E-state index contributed by atoms with van der Waals surface area (Å²) in [6, 6.07) is 0. The van der Waals surface area contributed by atoms with Gasteiger partial charge in [-0.1, -0.05) is 253 Å². The maximum Gasteiger partial charge on any atom is 0.306 e. The summed E-state index contributed by atoms with van der Waals surface area (Å²) in [5, 5.41) is 0.